The molecule has 9 heteroatoms. The first-order valence-corrected chi connectivity index (χ1v) is 9.14. The first kappa shape index (κ1) is 16.6. The molecule has 1 aromatic carbocycles. The van der Waals surface area contributed by atoms with Crippen molar-refractivity contribution in [1.82, 2.24) is 24.6 Å². The number of aryl methyl sites for hydroxylation is 1. The van der Waals surface area contributed by atoms with Gasteiger partial charge in [0.25, 0.3) is 0 Å². The van der Waals surface area contributed by atoms with Gasteiger partial charge in [0.1, 0.15) is 0 Å². The van der Waals surface area contributed by atoms with Crippen molar-refractivity contribution >= 4 is 15.9 Å². The molecule has 24 heavy (non-hydrogen) atoms. The number of carbonyl (C=O) groups is 1. The maximum atomic E-state index is 12.3. The average Bonchev–Trinajstić information content (AvgIpc) is 3.23. The van der Waals surface area contributed by atoms with E-state index in [2.05, 4.69) is 15.0 Å². The Bertz CT molecular complexity index is 819. The lowest BCUT2D eigenvalue weighted by Crippen LogP contribution is -2.39. The molecule has 3 rings (SSSR count). The first-order chi connectivity index (χ1) is 11.5. The molecule has 0 radical (unpaired) electrons. The third-order valence-corrected chi connectivity index (χ3v) is 5.44. The van der Waals surface area contributed by atoms with Gasteiger partial charge < -0.3 is 4.90 Å². The van der Waals surface area contributed by atoms with Crippen LogP contribution in [0, 0.1) is 6.92 Å². The Morgan fingerprint density at radius 2 is 2.25 bits per heavy atom. The Kier molecular flexibility index (Phi) is 4.63. The number of nitrogens with zero attached hydrogens (tertiary/aromatic N) is 4. The van der Waals surface area contributed by atoms with Crippen molar-refractivity contribution in [3.63, 3.8) is 0 Å². The molecule has 128 valence electrons. The molecule has 0 aliphatic carbocycles. The van der Waals surface area contributed by atoms with Crippen LogP contribution >= 0.6 is 0 Å². The quantitative estimate of drug-likeness (QED) is 0.839. The maximum Gasteiger partial charge on any atom is 0.241 e. The molecule has 2 heterocycles. The summed E-state index contributed by atoms with van der Waals surface area (Å²) < 4.78 is 28.6. The number of hydrogen-bond donors (Lipinski definition) is 1. The Labute approximate surface area is 140 Å². The lowest BCUT2D eigenvalue weighted by Gasteiger charge is -2.17. The van der Waals surface area contributed by atoms with E-state index in [9.17, 15) is 13.2 Å². The number of aromatic nitrogens is 3. The lowest BCUT2D eigenvalue weighted by molar-refractivity contribution is -0.129. The molecule has 0 spiro atoms. The van der Waals surface area contributed by atoms with Crippen LogP contribution in [0.4, 0.5) is 0 Å². The Hall–Kier alpha value is -2.26. The van der Waals surface area contributed by atoms with Crippen LogP contribution in [0.1, 0.15) is 18.0 Å². The van der Waals surface area contributed by atoms with Gasteiger partial charge in [0.05, 0.1) is 23.7 Å². The number of hydrogen-bond acceptors (Lipinski definition) is 5. The van der Waals surface area contributed by atoms with Gasteiger partial charge >= 0.3 is 0 Å². The molecular formula is C15H19N5O3S. The van der Waals surface area contributed by atoms with Crippen LogP contribution in [0.3, 0.4) is 0 Å². The van der Waals surface area contributed by atoms with E-state index < -0.39 is 10.0 Å². The highest BCUT2D eigenvalue weighted by atomic mass is 32.2. The van der Waals surface area contributed by atoms with E-state index in [1.807, 2.05) is 13.0 Å². The highest BCUT2D eigenvalue weighted by molar-refractivity contribution is 7.89. The Morgan fingerprint density at radius 1 is 1.42 bits per heavy atom. The SMILES string of the molecule is Cc1cccc(S(=O)(=O)NCC(=O)N2CC[C@H](n3ccnn3)C2)c1. The summed E-state index contributed by atoms with van der Waals surface area (Å²) in [5, 5.41) is 7.71. The van der Waals surface area contributed by atoms with E-state index in [1.165, 1.54) is 6.07 Å². The zero-order valence-electron chi connectivity index (χ0n) is 13.3. The minimum Gasteiger partial charge on any atom is -0.339 e. The number of amides is 1. The largest absolute Gasteiger partial charge is 0.339 e. The number of nitrogens with one attached hydrogen (secondary N) is 1. The summed E-state index contributed by atoms with van der Waals surface area (Å²) in [6, 6.07) is 6.66. The molecule has 0 saturated carbocycles. The molecule has 1 amide bonds. The second kappa shape index (κ2) is 6.70. The monoisotopic (exact) mass is 349 g/mol. The van der Waals surface area contributed by atoms with Crippen molar-refractivity contribution in [1.29, 1.82) is 0 Å². The topological polar surface area (TPSA) is 97.2 Å². The molecule has 1 N–H and O–H groups in total. The summed E-state index contributed by atoms with van der Waals surface area (Å²) in [6.07, 6.45) is 4.14. The van der Waals surface area contributed by atoms with Crippen molar-refractivity contribution in [2.75, 3.05) is 19.6 Å². The van der Waals surface area contributed by atoms with E-state index in [-0.39, 0.29) is 23.4 Å². The molecule has 1 saturated heterocycles. The van der Waals surface area contributed by atoms with Gasteiger partial charge in [-0.05, 0) is 31.0 Å². The molecular weight excluding hydrogens is 330 g/mol. The summed E-state index contributed by atoms with van der Waals surface area (Å²) in [5.41, 5.74) is 0.847. The van der Waals surface area contributed by atoms with E-state index in [0.717, 1.165) is 12.0 Å². The van der Waals surface area contributed by atoms with Gasteiger partial charge in [-0.3, -0.25) is 4.79 Å². The summed E-state index contributed by atoms with van der Waals surface area (Å²) in [7, 11) is -3.69. The van der Waals surface area contributed by atoms with Crippen molar-refractivity contribution in [3.8, 4) is 0 Å². The summed E-state index contributed by atoms with van der Waals surface area (Å²) in [6.45, 7) is 2.66. The number of likely N-dealkylation sites (tertiary alicyclic amines) is 1. The maximum absolute atomic E-state index is 12.3. The van der Waals surface area contributed by atoms with Crippen LogP contribution in [-0.4, -0.2) is 53.9 Å². The molecule has 1 fully saturated rings. The van der Waals surface area contributed by atoms with Crippen LogP contribution in [0.25, 0.3) is 0 Å². The van der Waals surface area contributed by atoms with Crippen LogP contribution in [0.5, 0.6) is 0 Å². The predicted molar refractivity (Wildman–Crippen MR) is 86.6 cm³/mol. The first-order valence-electron chi connectivity index (χ1n) is 7.65. The minimum absolute atomic E-state index is 0.0878. The van der Waals surface area contributed by atoms with Gasteiger partial charge in [-0.1, -0.05) is 17.3 Å². The van der Waals surface area contributed by atoms with E-state index in [4.69, 9.17) is 0 Å². The van der Waals surface area contributed by atoms with Crippen LogP contribution < -0.4 is 4.72 Å². The normalized spacial score (nSPS) is 18.0. The van der Waals surface area contributed by atoms with Gasteiger partial charge in [0.15, 0.2) is 0 Å². The standard InChI is InChI=1S/C15H19N5O3S/c1-12-3-2-4-14(9-12)24(22,23)17-10-15(21)19-7-5-13(11-19)20-8-6-16-18-20/h2-4,6,8-9,13,17H,5,7,10-11H2,1H3/t13-/m0/s1. The van der Waals surface area contributed by atoms with Gasteiger partial charge in [-0.25, -0.2) is 17.8 Å². The molecule has 1 atom stereocenters. The van der Waals surface area contributed by atoms with Crippen LogP contribution in [-0.2, 0) is 14.8 Å². The van der Waals surface area contributed by atoms with Crippen molar-refractivity contribution in [3.05, 3.63) is 42.2 Å². The van der Waals surface area contributed by atoms with Crippen molar-refractivity contribution in [2.24, 2.45) is 0 Å². The van der Waals surface area contributed by atoms with Crippen molar-refractivity contribution < 1.29 is 13.2 Å². The van der Waals surface area contributed by atoms with Crippen LogP contribution in [0.15, 0.2) is 41.6 Å². The fourth-order valence-corrected chi connectivity index (χ4v) is 3.81. The molecule has 1 aromatic heterocycles. The second-order valence-corrected chi connectivity index (χ2v) is 7.57. The molecule has 0 unspecified atom stereocenters. The smallest absolute Gasteiger partial charge is 0.241 e. The van der Waals surface area contributed by atoms with Crippen LogP contribution in [0.2, 0.25) is 0 Å². The van der Waals surface area contributed by atoms with Gasteiger partial charge in [0, 0.05) is 19.3 Å². The van der Waals surface area contributed by atoms with Crippen molar-refractivity contribution in [2.45, 2.75) is 24.3 Å². The average molecular weight is 349 g/mol. The van der Waals surface area contributed by atoms with Gasteiger partial charge in [0.2, 0.25) is 15.9 Å². The fraction of sp³-hybridized carbons (Fsp3) is 0.400. The van der Waals surface area contributed by atoms with Gasteiger partial charge in [-0.15, -0.1) is 5.10 Å². The summed E-state index contributed by atoms with van der Waals surface area (Å²) in [4.78, 5) is 14.1. The Morgan fingerprint density at radius 3 is 2.96 bits per heavy atom. The van der Waals surface area contributed by atoms with E-state index in [1.54, 1.807) is 34.1 Å². The third-order valence-electron chi connectivity index (χ3n) is 4.04. The number of carbonyl (C=O) groups excluding carboxylic acids is 1. The fourth-order valence-electron chi connectivity index (χ4n) is 2.73. The molecule has 8 nitrogen and oxygen atoms in total. The highest BCUT2D eigenvalue weighted by Gasteiger charge is 2.28. The number of benzene rings is 1. The predicted octanol–water partition coefficient (Wildman–Crippen LogP) is 0.338. The zero-order chi connectivity index (χ0) is 17.2. The lowest BCUT2D eigenvalue weighted by atomic mass is 10.2. The summed E-state index contributed by atoms with van der Waals surface area (Å²) in [5.74, 6) is -0.242. The van der Waals surface area contributed by atoms with E-state index >= 15 is 0 Å². The Balaban J connectivity index is 1.58. The summed E-state index contributed by atoms with van der Waals surface area (Å²) >= 11 is 0. The second-order valence-electron chi connectivity index (χ2n) is 5.81. The number of rotatable bonds is 5. The molecule has 2 aromatic rings. The molecule has 1 aliphatic heterocycles. The minimum atomic E-state index is -3.69. The number of sulfonamides is 1. The molecule has 0 bridgehead atoms. The molecule has 1 aliphatic rings. The van der Waals surface area contributed by atoms with Gasteiger partial charge in [-0.2, -0.15) is 0 Å². The highest BCUT2D eigenvalue weighted by Crippen LogP contribution is 2.20. The zero-order valence-corrected chi connectivity index (χ0v) is 14.1. The third kappa shape index (κ3) is 3.62. The van der Waals surface area contributed by atoms with E-state index in [0.29, 0.717) is 13.1 Å².